The highest BCUT2D eigenvalue weighted by Crippen LogP contribution is 2.30. The van der Waals surface area contributed by atoms with Crippen molar-refractivity contribution in [2.75, 3.05) is 37.7 Å². The van der Waals surface area contributed by atoms with E-state index in [9.17, 15) is 9.90 Å². The summed E-state index contributed by atoms with van der Waals surface area (Å²) >= 11 is 1.91. The number of aliphatic hydroxyl groups is 1. The summed E-state index contributed by atoms with van der Waals surface area (Å²) in [5.41, 5.74) is 2.99. The van der Waals surface area contributed by atoms with E-state index < -0.39 is 6.23 Å². The molecular formula is C17H25N5O2S. The standard InChI is InChI=1S/C17H25N5O2S/c1-11-15(17(24)21-6-8-25-9-7-21)16-19-14(23)10-13(22(16)20-11)12-2-4-18-5-3-12/h10,12,17-18,24H,2-9H2,1H3,(H,19,23). The van der Waals surface area contributed by atoms with Crippen molar-refractivity contribution in [2.24, 2.45) is 0 Å². The Hall–Kier alpha value is -1.35. The lowest BCUT2D eigenvalue weighted by molar-refractivity contribution is 0.00929. The maximum atomic E-state index is 12.3. The third-order valence-electron chi connectivity index (χ3n) is 5.28. The molecular weight excluding hydrogens is 338 g/mol. The number of nitrogens with one attached hydrogen (secondary N) is 2. The Labute approximate surface area is 150 Å². The molecule has 2 aliphatic rings. The lowest BCUT2D eigenvalue weighted by Crippen LogP contribution is -2.36. The van der Waals surface area contributed by atoms with Gasteiger partial charge in [-0.2, -0.15) is 16.9 Å². The maximum absolute atomic E-state index is 12.3. The van der Waals surface area contributed by atoms with Crippen LogP contribution in [0.2, 0.25) is 0 Å². The molecule has 2 aromatic rings. The highest BCUT2D eigenvalue weighted by molar-refractivity contribution is 7.99. The Morgan fingerprint density at radius 3 is 2.76 bits per heavy atom. The Kier molecular flexibility index (Phi) is 4.86. The molecule has 2 fully saturated rings. The van der Waals surface area contributed by atoms with Gasteiger partial charge in [-0.15, -0.1) is 0 Å². The summed E-state index contributed by atoms with van der Waals surface area (Å²) in [7, 11) is 0. The molecule has 1 unspecified atom stereocenters. The number of aromatic nitrogens is 3. The number of thioether (sulfide) groups is 1. The van der Waals surface area contributed by atoms with Crippen LogP contribution in [0.3, 0.4) is 0 Å². The summed E-state index contributed by atoms with van der Waals surface area (Å²) in [4.78, 5) is 17.3. The van der Waals surface area contributed by atoms with Crippen LogP contribution >= 0.6 is 11.8 Å². The minimum atomic E-state index is -0.725. The molecule has 8 heteroatoms. The second kappa shape index (κ2) is 7.11. The van der Waals surface area contributed by atoms with Crippen LogP contribution < -0.4 is 10.9 Å². The fourth-order valence-electron chi connectivity index (χ4n) is 3.92. The van der Waals surface area contributed by atoms with Crippen LogP contribution in [-0.2, 0) is 0 Å². The zero-order valence-electron chi connectivity index (χ0n) is 14.5. The first-order chi connectivity index (χ1) is 12.1. The first-order valence-corrected chi connectivity index (χ1v) is 10.1. The smallest absolute Gasteiger partial charge is 0.251 e. The molecule has 4 rings (SSSR count). The van der Waals surface area contributed by atoms with E-state index in [1.807, 2.05) is 23.2 Å². The third kappa shape index (κ3) is 3.23. The van der Waals surface area contributed by atoms with Gasteiger partial charge in [-0.25, -0.2) is 4.52 Å². The van der Waals surface area contributed by atoms with Crippen molar-refractivity contribution in [3.05, 3.63) is 33.4 Å². The largest absolute Gasteiger partial charge is 0.374 e. The molecule has 1 atom stereocenters. The predicted molar refractivity (Wildman–Crippen MR) is 99.3 cm³/mol. The van der Waals surface area contributed by atoms with E-state index in [-0.39, 0.29) is 5.56 Å². The third-order valence-corrected chi connectivity index (χ3v) is 6.22. The van der Waals surface area contributed by atoms with Gasteiger partial charge in [0.05, 0.1) is 17.0 Å². The van der Waals surface area contributed by atoms with Crippen LogP contribution in [-0.4, -0.2) is 62.3 Å². The van der Waals surface area contributed by atoms with E-state index in [0.29, 0.717) is 11.6 Å². The SMILES string of the molecule is Cc1nn2c(C3CCNCC3)cc(=O)[nH]c2c1C(O)N1CCSCC1. The fourth-order valence-corrected chi connectivity index (χ4v) is 4.85. The van der Waals surface area contributed by atoms with Crippen molar-refractivity contribution in [2.45, 2.75) is 31.9 Å². The molecule has 2 aromatic heterocycles. The fraction of sp³-hybridized carbons (Fsp3) is 0.647. The molecule has 0 bridgehead atoms. The minimum Gasteiger partial charge on any atom is -0.374 e. The molecule has 0 radical (unpaired) electrons. The molecule has 2 saturated heterocycles. The zero-order valence-corrected chi connectivity index (χ0v) is 15.3. The Morgan fingerprint density at radius 2 is 2.04 bits per heavy atom. The molecule has 0 amide bonds. The molecule has 4 heterocycles. The minimum absolute atomic E-state index is 0.122. The predicted octanol–water partition coefficient (Wildman–Crippen LogP) is 0.838. The van der Waals surface area contributed by atoms with Gasteiger partial charge in [-0.3, -0.25) is 9.69 Å². The van der Waals surface area contributed by atoms with Crippen molar-refractivity contribution in [3.63, 3.8) is 0 Å². The summed E-state index contributed by atoms with van der Waals surface area (Å²) in [5.74, 6) is 2.36. The van der Waals surface area contributed by atoms with Crippen molar-refractivity contribution in [1.29, 1.82) is 0 Å². The number of hydrogen-bond acceptors (Lipinski definition) is 6. The molecule has 0 spiro atoms. The van der Waals surface area contributed by atoms with Gasteiger partial charge in [0.15, 0.2) is 0 Å². The van der Waals surface area contributed by atoms with Crippen LogP contribution in [0.4, 0.5) is 0 Å². The summed E-state index contributed by atoms with van der Waals surface area (Å²) in [6, 6.07) is 1.67. The summed E-state index contributed by atoms with van der Waals surface area (Å²) in [5, 5.41) is 19.0. The van der Waals surface area contributed by atoms with Crippen molar-refractivity contribution < 1.29 is 5.11 Å². The number of aliphatic hydroxyl groups excluding tert-OH is 1. The summed E-state index contributed by atoms with van der Waals surface area (Å²) in [6.45, 7) is 5.52. The summed E-state index contributed by atoms with van der Waals surface area (Å²) < 4.78 is 1.85. The zero-order chi connectivity index (χ0) is 17.4. The summed E-state index contributed by atoms with van der Waals surface area (Å²) in [6.07, 6.45) is 1.27. The highest BCUT2D eigenvalue weighted by atomic mass is 32.2. The lowest BCUT2D eigenvalue weighted by Gasteiger charge is -2.30. The van der Waals surface area contributed by atoms with Gasteiger partial charge in [-0.1, -0.05) is 0 Å². The molecule has 2 aliphatic heterocycles. The van der Waals surface area contributed by atoms with Crippen molar-refractivity contribution in [3.8, 4) is 0 Å². The van der Waals surface area contributed by atoms with E-state index in [1.165, 1.54) is 0 Å². The molecule has 0 saturated carbocycles. The lowest BCUT2D eigenvalue weighted by atomic mass is 9.94. The van der Waals surface area contributed by atoms with Crippen molar-refractivity contribution >= 4 is 17.4 Å². The Balaban J connectivity index is 1.79. The number of aryl methyl sites for hydroxylation is 1. The highest BCUT2D eigenvalue weighted by Gasteiger charge is 2.28. The topological polar surface area (TPSA) is 85.7 Å². The Morgan fingerprint density at radius 1 is 1.32 bits per heavy atom. The van der Waals surface area contributed by atoms with Gasteiger partial charge in [0.2, 0.25) is 0 Å². The molecule has 136 valence electrons. The number of H-pyrrole nitrogens is 1. The number of rotatable bonds is 3. The average molecular weight is 363 g/mol. The van der Waals surface area contributed by atoms with Crippen LogP contribution in [0.15, 0.2) is 10.9 Å². The Bertz CT molecular complexity index is 805. The number of piperidine rings is 1. The molecule has 7 nitrogen and oxygen atoms in total. The number of nitrogens with zero attached hydrogens (tertiary/aromatic N) is 3. The maximum Gasteiger partial charge on any atom is 0.251 e. The van der Waals surface area contributed by atoms with E-state index in [2.05, 4.69) is 20.3 Å². The van der Waals surface area contributed by atoms with E-state index >= 15 is 0 Å². The van der Waals surface area contributed by atoms with Crippen LogP contribution in [0.1, 0.15) is 41.9 Å². The first-order valence-electron chi connectivity index (χ1n) is 8.98. The van der Waals surface area contributed by atoms with Crippen LogP contribution in [0.25, 0.3) is 5.65 Å². The normalized spacial score (nSPS) is 21.7. The van der Waals surface area contributed by atoms with Gasteiger partial charge < -0.3 is 15.4 Å². The quantitative estimate of drug-likeness (QED) is 0.749. The number of hydrogen-bond donors (Lipinski definition) is 3. The van der Waals surface area contributed by atoms with Gasteiger partial charge in [0.25, 0.3) is 5.56 Å². The van der Waals surface area contributed by atoms with Gasteiger partial charge in [0, 0.05) is 36.6 Å². The van der Waals surface area contributed by atoms with E-state index in [4.69, 9.17) is 0 Å². The van der Waals surface area contributed by atoms with Crippen LogP contribution in [0.5, 0.6) is 0 Å². The molecule has 3 N–H and O–H groups in total. The second-order valence-electron chi connectivity index (χ2n) is 6.86. The molecule has 0 aliphatic carbocycles. The molecule has 0 aromatic carbocycles. The molecule has 25 heavy (non-hydrogen) atoms. The van der Waals surface area contributed by atoms with Crippen LogP contribution in [0, 0.1) is 6.92 Å². The van der Waals surface area contributed by atoms with Gasteiger partial charge >= 0.3 is 0 Å². The van der Waals surface area contributed by atoms with Gasteiger partial charge in [0.1, 0.15) is 11.9 Å². The van der Waals surface area contributed by atoms with E-state index in [1.54, 1.807) is 6.07 Å². The number of fused-ring (bicyclic) bond motifs is 1. The monoisotopic (exact) mass is 363 g/mol. The van der Waals surface area contributed by atoms with Crippen molar-refractivity contribution in [1.82, 2.24) is 24.8 Å². The van der Waals surface area contributed by atoms with E-state index in [0.717, 1.165) is 67.5 Å². The van der Waals surface area contributed by atoms with Gasteiger partial charge in [-0.05, 0) is 32.9 Å². The number of aromatic amines is 1. The second-order valence-corrected chi connectivity index (χ2v) is 8.09. The average Bonchev–Trinajstić information content (AvgIpc) is 2.97. The first kappa shape index (κ1) is 17.1.